The molecule has 0 bridgehead atoms. The zero-order chi connectivity index (χ0) is 15.9. The molecule has 5 heteroatoms. The third kappa shape index (κ3) is 3.41. The maximum Gasteiger partial charge on any atom is 0.213 e. The Morgan fingerprint density at radius 1 is 1.32 bits per heavy atom. The standard InChI is InChI=1S/C17H12N2O2S/c1-12-6-9-22-17(12)16(20)14(11-19)10-13-4-2-3-5-15(13)21-8-7-18/h2-6,9-10H,8H2,1H3. The summed E-state index contributed by atoms with van der Waals surface area (Å²) in [4.78, 5) is 13.0. The van der Waals surface area contributed by atoms with Gasteiger partial charge in [-0.05, 0) is 36.1 Å². The average Bonchev–Trinajstić information content (AvgIpc) is 2.97. The van der Waals surface area contributed by atoms with E-state index in [9.17, 15) is 10.1 Å². The lowest BCUT2D eigenvalue weighted by atomic mass is 10.0. The number of carbonyl (C=O) groups is 1. The van der Waals surface area contributed by atoms with E-state index in [-0.39, 0.29) is 18.0 Å². The monoisotopic (exact) mass is 308 g/mol. The third-order valence-corrected chi connectivity index (χ3v) is 3.96. The van der Waals surface area contributed by atoms with Gasteiger partial charge in [0.05, 0.1) is 4.88 Å². The molecule has 4 nitrogen and oxygen atoms in total. The highest BCUT2D eigenvalue weighted by atomic mass is 32.1. The van der Waals surface area contributed by atoms with Gasteiger partial charge in [-0.3, -0.25) is 4.79 Å². The van der Waals surface area contributed by atoms with E-state index in [1.165, 1.54) is 17.4 Å². The van der Waals surface area contributed by atoms with Crippen LogP contribution in [0.1, 0.15) is 20.8 Å². The van der Waals surface area contributed by atoms with Gasteiger partial charge >= 0.3 is 0 Å². The predicted octanol–water partition coefficient (Wildman–Crippen LogP) is 3.75. The zero-order valence-corrected chi connectivity index (χ0v) is 12.7. The molecule has 0 aliphatic heterocycles. The summed E-state index contributed by atoms with van der Waals surface area (Å²) in [6.45, 7) is 1.74. The van der Waals surface area contributed by atoms with Gasteiger partial charge in [0.15, 0.2) is 6.61 Å². The molecule has 22 heavy (non-hydrogen) atoms. The maximum atomic E-state index is 12.4. The summed E-state index contributed by atoms with van der Waals surface area (Å²) < 4.78 is 5.30. The van der Waals surface area contributed by atoms with Gasteiger partial charge < -0.3 is 4.74 Å². The second kappa shape index (κ2) is 7.21. The molecular formula is C17H12N2O2S. The molecule has 0 aliphatic rings. The Hall–Kier alpha value is -2.89. The lowest BCUT2D eigenvalue weighted by Crippen LogP contribution is -2.02. The van der Waals surface area contributed by atoms with Gasteiger partial charge in [-0.15, -0.1) is 11.3 Å². The minimum absolute atomic E-state index is 0.0403. The van der Waals surface area contributed by atoms with Crippen molar-refractivity contribution in [2.75, 3.05) is 6.61 Å². The molecule has 2 rings (SSSR count). The van der Waals surface area contributed by atoms with Gasteiger partial charge in [-0.25, -0.2) is 0 Å². The van der Waals surface area contributed by atoms with Crippen molar-refractivity contribution < 1.29 is 9.53 Å². The lowest BCUT2D eigenvalue weighted by molar-refractivity contribution is 0.104. The number of nitrogens with zero attached hydrogens (tertiary/aromatic N) is 2. The first-order chi connectivity index (χ1) is 10.7. The van der Waals surface area contributed by atoms with Crippen molar-refractivity contribution in [3.05, 3.63) is 57.3 Å². The first kappa shape index (κ1) is 15.5. The van der Waals surface area contributed by atoms with Crippen molar-refractivity contribution in [3.8, 4) is 17.9 Å². The van der Waals surface area contributed by atoms with Crippen molar-refractivity contribution >= 4 is 23.2 Å². The minimum atomic E-state index is -0.301. The van der Waals surface area contributed by atoms with Crippen LogP contribution in [-0.4, -0.2) is 12.4 Å². The summed E-state index contributed by atoms with van der Waals surface area (Å²) in [6, 6.07) is 12.7. The fourth-order valence-corrected chi connectivity index (χ4v) is 2.75. The van der Waals surface area contributed by atoms with Crippen molar-refractivity contribution in [3.63, 3.8) is 0 Å². The van der Waals surface area contributed by atoms with Crippen LogP contribution < -0.4 is 4.74 Å². The van der Waals surface area contributed by atoms with Crippen LogP contribution in [0.3, 0.4) is 0 Å². The molecule has 0 N–H and O–H groups in total. The molecule has 2 aromatic rings. The molecule has 0 atom stereocenters. The summed E-state index contributed by atoms with van der Waals surface area (Å²) in [5.41, 5.74) is 1.49. The quantitative estimate of drug-likeness (QED) is 0.479. The Balaban J connectivity index is 2.38. The van der Waals surface area contributed by atoms with Gasteiger partial charge in [0.2, 0.25) is 5.78 Å². The number of aryl methyl sites for hydroxylation is 1. The topological polar surface area (TPSA) is 73.9 Å². The van der Waals surface area contributed by atoms with Crippen molar-refractivity contribution in [2.45, 2.75) is 6.92 Å². The van der Waals surface area contributed by atoms with E-state index in [0.717, 1.165) is 5.56 Å². The molecule has 0 amide bonds. The molecule has 1 aromatic carbocycles. The maximum absolute atomic E-state index is 12.4. The van der Waals surface area contributed by atoms with Crippen LogP contribution in [0.4, 0.5) is 0 Å². The second-order valence-electron chi connectivity index (χ2n) is 4.42. The van der Waals surface area contributed by atoms with Crippen LogP contribution in [0.25, 0.3) is 6.08 Å². The highest BCUT2D eigenvalue weighted by Gasteiger charge is 2.16. The number of hydrogen-bond donors (Lipinski definition) is 0. The van der Waals surface area contributed by atoms with Crippen LogP contribution in [0.2, 0.25) is 0 Å². The van der Waals surface area contributed by atoms with Crippen molar-refractivity contribution in [2.24, 2.45) is 0 Å². The number of Topliss-reactive ketones (excluding diaryl/α,β-unsaturated/α-hetero) is 1. The first-order valence-corrected chi connectivity index (χ1v) is 7.34. The summed E-state index contributed by atoms with van der Waals surface area (Å²) in [6.07, 6.45) is 1.49. The number of thiophene rings is 1. The molecule has 0 saturated heterocycles. The van der Waals surface area contributed by atoms with Crippen LogP contribution >= 0.6 is 11.3 Å². The number of ketones is 1. The number of ether oxygens (including phenoxy) is 1. The SMILES string of the molecule is Cc1ccsc1C(=O)C(C#N)=Cc1ccccc1OCC#N. The number of para-hydroxylation sites is 1. The van der Waals surface area contributed by atoms with Gasteiger partial charge in [0.25, 0.3) is 0 Å². The van der Waals surface area contributed by atoms with E-state index in [1.807, 2.05) is 30.5 Å². The lowest BCUT2D eigenvalue weighted by Gasteiger charge is -2.06. The molecule has 1 aromatic heterocycles. The van der Waals surface area contributed by atoms with E-state index >= 15 is 0 Å². The number of carbonyl (C=O) groups excluding carboxylic acids is 1. The van der Waals surface area contributed by atoms with Gasteiger partial charge in [-0.1, -0.05) is 18.2 Å². The van der Waals surface area contributed by atoms with Crippen LogP contribution in [0.15, 0.2) is 41.3 Å². The fourth-order valence-electron chi connectivity index (χ4n) is 1.87. The Morgan fingerprint density at radius 3 is 2.73 bits per heavy atom. The Bertz CT molecular complexity index is 807. The predicted molar refractivity (Wildman–Crippen MR) is 84.5 cm³/mol. The summed E-state index contributed by atoms with van der Waals surface area (Å²) in [5.74, 6) is 0.164. The van der Waals surface area contributed by atoms with Gasteiger partial charge in [0.1, 0.15) is 23.5 Å². The average molecular weight is 308 g/mol. The Kier molecular flexibility index (Phi) is 5.08. The first-order valence-electron chi connectivity index (χ1n) is 6.46. The molecule has 0 saturated carbocycles. The number of allylic oxidation sites excluding steroid dienone is 1. The molecular weight excluding hydrogens is 296 g/mol. The summed E-state index contributed by atoms with van der Waals surface area (Å²) in [5, 5.41) is 19.7. The minimum Gasteiger partial charge on any atom is -0.478 e. The van der Waals surface area contributed by atoms with E-state index < -0.39 is 0 Å². The molecule has 0 aliphatic carbocycles. The van der Waals surface area contributed by atoms with E-state index in [4.69, 9.17) is 10.00 Å². The number of benzene rings is 1. The van der Waals surface area contributed by atoms with E-state index in [0.29, 0.717) is 16.2 Å². The second-order valence-corrected chi connectivity index (χ2v) is 5.33. The summed E-state index contributed by atoms with van der Waals surface area (Å²) >= 11 is 1.31. The zero-order valence-electron chi connectivity index (χ0n) is 11.9. The van der Waals surface area contributed by atoms with Crippen molar-refractivity contribution in [1.82, 2.24) is 0 Å². The molecule has 0 radical (unpaired) electrons. The van der Waals surface area contributed by atoms with Crippen LogP contribution in [-0.2, 0) is 0 Å². The largest absolute Gasteiger partial charge is 0.478 e. The van der Waals surface area contributed by atoms with Crippen molar-refractivity contribution in [1.29, 1.82) is 10.5 Å². The Morgan fingerprint density at radius 2 is 2.09 bits per heavy atom. The van der Waals surface area contributed by atoms with Crippen LogP contribution in [0, 0.1) is 29.6 Å². The van der Waals surface area contributed by atoms with Gasteiger partial charge in [-0.2, -0.15) is 10.5 Å². The van der Waals surface area contributed by atoms with E-state index in [2.05, 4.69) is 0 Å². The van der Waals surface area contributed by atoms with Gasteiger partial charge in [0, 0.05) is 5.56 Å². The van der Waals surface area contributed by atoms with E-state index in [1.54, 1.807) is 24.3 Å². The normalized spacial score (nSPS) is 10.6. The molecule has 0 unspecified atom stereocenters. The fraction of sp³-hybridized carbons (Fsp3) is 0.118. The highest BCUT2D eigenvalue weighted by Crippen LogP contribution is 2.24. The molecule has 0 spiro atoms. The number of hydrogen-bond acceptors (Lipinski definition) is 5. The highest BCUT2D eigenvalue weighted by molar-refractivity contribution is 7.12. The molecule has 108 valence electrons. The summed E-state index contributed by atoms with van der Waals surface area (Å²) in [7, 11) is 0. The molecule has 0 fully saturated rings. The third-order valence-electron chi connectivity index (χ3n) is 2.94. The van der Waals surface area contributed by atoms with Crippen LogP contribution in [0.5, 0.6) is 5.75 Å². The number of nitriles is 2. The molecule has 1 heterocycles. The smallest absolute Gasteiger partial charge is 0.213 e. The Labute approximate surface area is 132 Å². The number of rotatable bonds is 5.